The molecular weight excluding hydrogens is 170 g/mol. The van der Waals surface area contributed by atoms with E-state index in [1.807, 2.05) is 0 Å². The molecule has 1 aliphatic carbocycles. The minimum atomic E-state index is 0.777. The van der Waals surface area contributed by atoms with Crippen molar-refractivity contribution in [3.05, 3.63) is 35.1 Å². The summed E-state index contributed by atoms with van der Waals surface area (Å²) in [4.78, 5) is 0. The lowest BCUT2D eigenvalue weighted by Crippen LogP contribution is -2.06. The van der Waals surface area contributed by atoms with Crippen LogP contribution in [0.3, 0.4) is 0 Å². The average molecular weight is 191 g/mol. The van der Waals surface area contributed by atoms with E-state index >= 15 is 0 Å². The summed E-state index contributed by atoms with van der Waals surface area (Å²) in [5.41, 5.74) is 9.49. The lowest BCUT2D eigenvalue weighted by molar-refractivity contribution is 0.541. The van der Waals surface area contributed by atoms with Crippen molar-refractivity contribution in [1.82, 2.24) is 0 Å². The normalized spacial score (nSPS) is 32.2. The highest BCUT2D eigenvalue weighted by molar-refractivity contribution is 5.44. The van der Waals surface area contributed by atoms with Gasteiger partial charge in [0.25, 0.3) is 0 Å². The van der Waals surface area contributed by atoms with Gasteiger partial charge in [-0.1, -0.05) is 25.2 Å². The number of nitrogens with two attached hydrogens (primary N) is 1. The molecule has 1 aliphatic rings. The summed E-state index contributed by atoms with van der Waals surface area (Å²) in [5, 5.41) is 0. The topological polar surface area (TPSA) is 26.0 Å². The first-order valence-electron chi connectivity index (χ1n) is 5.44. The SMILES string of the molecule is C\C=C(C)/C1=C/CC(C)CC/C=C\1N. The van der Waals surface area contributed by atoms with Crippen LogP contribution in [0, 0.1) is 5.92 Å². The summed E-state index contributed by atoms with van der Waals surface area (Å²) >= 11 is 0. The van der Waals surface area contributed by atoms with Crippen molar-refractivity contribution in [2.24, 2.45) is 11.7 Å². The Morgan fingerprint density at radius 3 is 2.86 bits per heavy atom. The Bertz CT molecular complexity index is 282. The molecule has 1 atom stereocenters. The molecule has 0 aromatic rings. The van der Waals surface area contributed by atoms with Gasteiger partial charge in [-0.15, -0.1) is 0 Å². The highest BCUT2D eigenvalue weighted by atomic mass is 14.6. The van der Waals surface area contributed by atoms with E-state index in [0.29, 0.717) is 0 Å². The zero-order valence-corrected chi connectivity index (χ0v) is 9.51. The molecule has 0 aromatic heterocycles. The summed E-state index contributed by atoms with van der Waals surface area (Å²) in [6, 6.07) is 0. The Kier molecular flexibility index (Phi) is 3.99. The summed E-state index contributed by atoms with van der Waals surface area (Å²) in [6.45, 7) is 6.49. The Morgan fingerprint density at radius 2 is 2.21 bits per heavy atom. The molecule has 0 heterocycles. The van der Waals surface area contributed by atoms with E-state index in [1.54, 1.807) is 0 Å². The second kappa shape index (κ2) is 5.04. The van der Waals surface area contributed by atoms with Crippen LogP contribution in [0.2, 0.25) is 0 Å². The van der Waals surface area contributed by atoms with Gasteiger partial charge in [-0.2, -0.15) is 0 Å². The fourth-order valence-corrected chi connectivity index (χ4v) is 1.73. The van der Waals surface area contributed by atoms with Crippen LogP contribution in [0.4, 0.5) is 0 Å². The third-order valence-electron chi connectivity index (χ3n) is 2.92. The van der Waals surface area contributed by atoms with Gasteiger partial charge in [-0.25, -0.2) is 0 Å². The highest BCUT2D eigenvalue weighted by Gasteiger charge is 2.08. The van der Waals surface area contributed by atoms with Crippen LogP contribution in [0.15, 0.2) is 35.1 Å². The molecule has 0 aromatic carbocycles. The molecule has 0 bridgehead atoms. The predicted molar refractivity (Wildman–Crippen MR) is 62.8 cm³/mol. The standard InChI is InChI=1S/C13H21N/c1-4-11(3)12-9-8-10(2)6-5-7-13(12)14/h4,7,9-10H,5-6,8,14H2,1-3H3/b11-4-,12-9-,13-7+. The van der Waals surface area contributed by atoms with E-state index < -0.39 is 0 Å². The fourth-order valence-electron chi connectivity index (χ4n) is 1.73. The van der Waals surface area contributed by atoms with Gasteiger partial charge in [0.2, 0.25) is 0 Å². The van der Waals surface area contributed by atoms with E-state index in [4.69, 9.17) is 5.73 Å². The Labute approximate surface area is 87.4 Å². The van der Waals surface area contributed by atoms with Crippen molar-refractivity contribution >= 4 is 0 Å². The highest BCUT2D eigenvalue weighted by Crippen LogP contribution is 2.23. The van der Waals surface area contributed by atoms with Crippen molar-refractivity contribution in [3.8, 4) is 0 Å². The molecule has 0 amide bonds. The van der Waals surface area contributed by atoms with E-state index in [1.165, 1.54) is 17.6 Å². The second-order valence-corrected chi connectivity index (χ2v) is 4.17. The zero-order chi connectivity index (χ0) is 10.6. The first-order chi connectivity index (χ1) is 6.65. The third kappa shape index (κ3) is 2.76. The molecule has 0 fully saturated rings. The largest absolute Gasteiger partial charge is 0.399 e. The van der Waals surface area contributed by atoms with Gasteiger partial charge in [0.15, 0.2) is 0 Å². The predicted octanol–water partition coefficient (Wildman–Crippen LogP) is 3.54. The Hall–Kier alpha value is -0.980. The van der Waals surface area contributed by atoms with Crippen molar-refractivity contribution < 1.29 is 0 Å². The molecule has 1 nitrogen and oxygen atoms in total. The van der Waals surface area contributed by atoms with Gasteiger partial charge in [-0.3, -0.25) is 0 Å². The molecular formula is C13H21N. The van der Waals surface area contributed by atoms with Gasteiger partial charge < -0.3 is 5.73 Å². The summed E-state index contributed by atoms with van der Waals surface area (Å²) in [6.07, 6.45) is 10.1. The maximum Gasteiger partial charge on any atom is 0.0346 e. The molecule has 1 rings (SSSR count). The Balaban J connectivity index is 2.92. The lowest BCUT2D eigenvalue weighted by atomic mass is 9.93. The van der Waals surface area contributed by atoms with Crippen LogP contribution in [-0.2, 0) is 0 Å². The van der Waals surface area contributed by atoms with E-state index in [0.717, 1.165) is 24.5 Å². The molecule has 0 saturated carbocycles. The lowest BCUT2D eigenvalue weighted by Gasteiger charge is -2.15. The molecule has 1 unspecified atom stereocenters. The number of hydrogen-bond acceptors (Lipinski definition) is 1. The molecule has 2 N–H and O–H groups in total. The quantitative estimate of drug-likeness (QED) is 0.674. The van der Waals surface area contributed by atoms with Gasteiger partial charge in [-0.05, 0) is 50.2 Å². The van der Waals surface area contributed by atoms with Crippen LogP contribution >= 0.6 is 0 Å². The van der Waals surface area contributed by atoms with Crippen LogP contribution < -0.4 is 5.73 Å². The van der Waals surface area contributed by atoms with Gasteiger partial charge in [0, 0.05) is 5.70 Å². The van der Waals surface area contributed by atoms with Crippen LogP contribution in [0.25, 0.3) is 0 Å². The molecule has 14 heavy (non-hydrogen) atoms. The number of rotatable bonds is 1. The first-order valence-corrected chi connectivity index (χ1v) is 5.44. The summed E-state index contributed by atoms with van der Waals surface area (Å²) in [5.74, 6) is 0.777. The molecule has 1 heteroatoms. The molecule has 0 spiro atoms. The maximum atomic E-state index is 6.02. The summed E-state index contributed by atoms with van der Waals surface area (Å²) in [7, 11) is 0. The van der Waals surface area contributed by atoms with Crippen molar-refractivity contribution in [2.75, 3.05) is 0 Å². The minimum Gasteiger partial charge on any atom is -0.399 e. The van der Waals surface area contributed by atoms with E-state index in [-0.39, 0.29) is 0 Å². The van der Waals surface area contributed by atoms with Crippen molar-refractivity contribution in [2.45, 2.75) is 40.0 Å². The Morgan fingerprint density at radius 1 is 1.50 bits per heavy atom. The maximum absolute atomic E-state index is 6.02. The minimum absolute atomic E-state index is 0.777. The zero-order valence-electron chi connectivity index (χ0n) is 9.51. The first kappa shape index (κ1) is 11.1. The second-order valence-electron chi connectivity index (χ2n) is 4.17. The smallest absolute Gasteiger partial charge is 0.0346 e. The molecule has 0 radical (unpaired) electrons. The van der Waals surface area contributed by atoms with Gasteiger partial charge in [0.1, 0.15) is 0 Å². The fraction of sp³-hybridized carbons (Fsp3) is 0.538. The monoisotopic (exact) mass is 191 g/mol. The van der Waals surface area contributed by atoms with E-state index in [2.05, 4.69) is 39.0 Å². The van der Waals surface area contributed by atoms with Crippen LogP contribution in [0.1, 0.15) is 40.0 Å². The van der Waals surface area contributed by atoms with Gasteiger partial charge >= 0.3 is 0 Å². The number of hydrogen-bond donors (Lipinski definition) is 1. The van der Waals surface area contributed by atoms with Crippen molar-refractivity contribution in [3.63, 3.8) is 0 Å². The molecule has 0 saturated heterocycles. The third-order valence-corrected chi connectivity index (χ3v) is 2.92. The number of allylic oxidation sites excluding steroid dienone is 4. The van der Waals surface area contributed by atoms with Crippen LogP contribution in [0.5, 0.6) is 0 Å². The van der Waals surface area contributed by atoms with Crippen molar-refractivity contribution in [1.29, 1.82) is 0 Å². The molecule has 78 valence electrons. The molecule has 0 aliphatic heterocycles. The summed E-state index contributed by atoms with van der Waals surface area (Å²) < 4.78 is 0. The average Bonchev–Trinajstić information content (AvgIpc) is 2.15. The van der Waals surface area contributed by atoms with Crippen LogP contribution in [-0.4, -0.2) is 0 Å². The van der Waals surface area contributed by atoms with Gasteiger partial charge in [0.05, 0.1) is 0 Å². The van der Waals surface area contributed by atoms with E-state index in [9.17, 15) is 0 Å².